The molecule has 1 aromatic rings. The number of likely N-dealkylation sites (N-methyl/N-ethyl adjacent to an activating group) is 1. The first-order valence-electron chi connectivity index (χ1n) is 10.3. The van der Waals surface area contributed by atoms with E-state index in [2.05, 4.69) is 20.9 Å². The Kier molecular flexibility index (Phi) is 7.59. The van der Waals surface area contributed by atoms with Gasteiger partial charge in [-0.3, -0.25) is 5.41 Å². The molecule has 162 valence electrons. The maximum Gasteiger partial charge on any atom is 0.154 e. The lowest BCUT2D eigenvalue weighted by atomic mass is 10.0. The normalized spacial score (nSPS) is 18.8. The Hall–Kier alpha value is -2.71. The first kappa shape index (κ1) is 22.0. The second kappa shape index (κ2) is 10.4. The molecule has 3 rings (SSSR count). The van der Waals surface area contributed by atoms with Gasteiger partial charge in [0.25, 0.3) is 0 Å². The largest absolute Gasteiger partial charge is 0.393 e. The Labute approximate surface area is 177 Å². The van der Waals surface area contributed by atoms with Crippen molar-refractivity contribution < 1.29 is 9.13 Å². The smallest absolute Gasteiger partial charge is 0.154 e. The fourth-order valence-corrected chi connectivity index (χ4v) is 3.79. The van der Waals surface area contributed by atoms with Gasteiger partial charge in [-0.15, -0.1) is 0 Å². The van der Waals surface area contributed by atoms with Crippen molar-refractivity contribution >= 4 is 23.3 Å². The second-order valence-electron chi connectivity index (χ2n) is 7.68. The Bertz CT molecular complexity index is 844. The molecule has 0 aromatic heterocycles. The van der Waals surface area contributed by atoms with Crippen LogP contribution in [0, 0.1) is 16.6 Å². The third kappa shape index (κ3) is 5.25. The van der Waals surface area contributed by atoms with Gasteiger partial charge in [0.1, 0.15) is 5.84 Å². The summed E-state index contributed by atoms with van der Waals surface area (Å²) in [6.07, 6.45) is 5.43. The van der Waals surface area contributed by atoms with Crippen molar-refractivity contribution in [2.24, 2.45) is 0 Å². The molecule has 0 atom stereocenters. The van der Waals surface area contributed by atoms with Crippen molar-refractivity contribution in [2.45, 2.75) is 25.3 Å². The van der Waals surface area contributed by atoms with Crippen LogP contribution in [0.3, 0.4) is 0 Å². The van der Waals surface area contributed by atoms with Crippen molar-refractivity contribution in [1.82, 2.24) is 15.5 Å². The van der Waals surface area contributed by atoms with Crippen LogP contribution in [0.15, 0.2) is 35.7 Å². The summed E-state index contributed by atoms with van der Waals surface area (Å²) in [6.45, 7) is 3.06. The number of hydrogen-bond acceptors (Lipinski definition) is 6. The highest BCUT2D eigenvalue weighted by Crippen LogP contribution is 2.25. The van der Waals surface area contributed by atoms with Crippen LogP contribution in [0.1, 0.15) is 24.8 Å². The zero-order valence-corrected chi connectivity index (χ0v) is 17.6. The van der Waals surface area contributed by atoms with Gasteiger partial charge in [-0.25, -0.2) is 4.39 Å². The van der Waals surface area contributed by atoms with Gasteiger partial charge in [-0.1, -0.05) is 12.1 Å². The van der Waals surface area contributed by atoms with Gasteiger partial charge in [0, 0.05) is 80.6 Å². The van der Waals surface area contributed by atoms with Crippen molar-refractivity contribution in [1.29, 1.82) is 10.8 Å². The molecule has 1 saturated heterocycles. The van der Waals surface area contributed by atoms with Gasteiger partial charge < -0.3 is 31.0 Å². The van der Waals surface area contributed by atoms with Gasteiger partial charge in [0.15, 0.2) is 5.82 Å². The Morgan fingerprint density at radius 1 is 1.30 bits per heavy atom. The molecular weight excluding hydrogens is 383 g/mol. The number of halogens is 1. The van der Waals surface area contributed by atoms with E-state index < -0.39 is 5.82 Å². The van der Waals surface area contributed by atoms with Gasteiger partial charge in [0.2, 0.25) is 0 Å². The highest BCUT2D eigenvalue weighted by molar-refractivity contribution is 6.10. The molecule has 0 saturated carbocycles. The first-order valence-corrected chi connectivity index (χ1v) is 10.3. The van der Waals surface area contributed by atoms with E-state index in [4.69, 9.17) is 15.6 Å². The highest BCUT2D eigenvalue weighted by Gasteiger charge is 2.24. The lowest BCUT2D eigenvalue weighted by Crippen LogP contribution is -2.41. The predicted molar refractivity (Wildman–Crippen MR) is 120 cm³/mol. The Balaban J connectivity index is 1.83. The molecule has 2 aliphatic heterocycles. The summed E-state index contributed by atoms with van der Waals surface area (Å²) in [5, 5.41) is 25.6. The van der Waals surface area contributed by atoms with E-state index in [1.54, 1.807) is 31.4 Å². The lowest BCUT2D eigenvalue weighted by Gasteiger charge is -2.32. The molecule has 0 aliphatic carbocycles. The fourth-order valence-electron chi connectivity index (χ4n) is 3.79. The van der Waals surface area contributed by atoms with Crippen LogP contribution in [0.25, 0.3) is 5.57 Å². The molecule has 0 bridgehead atoms. The summed E-state index contributed by atoms with van der Waals surface area (Å²) < 4.78 is 20.6. The van der Waals surface area contributed by atoms with Gasteiger partial charge >= 0.3 is 0 Å². The van der Waals surface area contributed by atoms with Crippen LogP contribution in [0.2, 0.25) is 0 Å². The maximum atomic E-state index is 15.1. The van der Waals surface area contributed by atoms with Crippen LogP contribution in [-0.4, -0.2) is 63.4 Å². The molecule has 1 aromatic carbocycles. The third-order valence-electron chi connectivity index (χ3n) is 5.46. The molecule has 0 unspecified atom stereocenters. The standard InChI is InChI=1S/C22H31FN6O/c1-26-13-15(12-24)17-4-3-5-20(21(17)23)28-22(25)18-14-29(2)9-6-19(18)27-16-7-10-30-11-8-16/h3-5,12-13,16,24,26-27H,6-11,14H2,1-2H3,(H2,25,28)/b15-13+,24-12?. The van der Waals surface area contributed by atoms with E-state index in [9.17, 15) is 0 Å². The number of ether oxygens (including phenoxy) is 1. The van der Waals surface area contributed by atoms with E-state index in [0.29, 0.717) is 23.7 Å². The maximum absolute atomic E-state index is 15.1. The fraction of sp³-hybridized carbons (Fsp3) is 0.455. The average Bonchev–Trinajstić information content (AvgIpc) is 2.75. The zero-order chi connectivity index (χ0) is 21.5. The second-order valence-corrected chi connectivity index (χ2v) is 7.68. The van der Waals surface area contributed by atoms with E-state index in [1.807, 2.05) is 7.05 Å². The number of hydrogen-bond donors (Lipinski definition) is 5. The van der Waals surface area contributed by atoms with Gasteiger partial charge in [-0.05, 0) is 26.0 Å². The third-order valence-corrected chi connectivity index (χ3v) is 5.46. The molecule has 1 fully saturated rings. The summed E-state index contributed by atoms with van der Waals surface area (Å²) >= 11 is 0. The Morgan fingerprint density at radius 3 is 2.77 bits per heavy atom. The monoisotopic (exact) mass is 414 g/mol. The molecule has 8 heteroatoms. The van der Waals surface area contributed by atoms with E-state index in [0.717, 1.165) is 56.5 Å². The molecule has 7 nitrogen and oxygen atoms in total. The number of nitrogens with zero attached hydrogens (tertiary/aromatic N) is 1. The van der Waals surface area contributed by atoms with Crippen LogP contribution >= 0.6 is 0 Å². The SMILES string of the molecule is CN/C=C(\C=N)c1cccc(NC(=N)C2=C(NC3CCOCC3)CCN(C)C2)c1F. The zero-order valence-electron chi connectivity index (χ0n) is 17.6. The number of allylic oxidation sites excluding steroid dienone is 1. The first-order chi connectivity index (χ1) is 14.5. The van der Waals surface area contributed by atoms with Crippen molar-refractivity contribution in [3.8, 4) is 0 Å². The summed E-state index contributed by atoms with van der Waals surface area (Å²) in [7, 11) is 3.73. The van der Waals surface area contributed by atoms with Crippen LogP contribution in [0.5, 0.6) is 0 Å². The molecule has 2 aliphatic rings. The molecule has 2 heterocycles. The number of rotatable bonds is 7. The van der Waals surface area contributed by atoms with Crippen LogP contribution in [0.4, 0.5) is 10.1 Å². The summed E-state index contributed by atoms with van der Waals surface area (Å²) in [5.41, 5.74) is 2.89. The topological polar surface area (TPSA) is 96.3 Å². The van der Waals surface area contributed by atoms with Gasteiger partial charge in [-0.2, -0.15) is 0 Å². The molecule has 30 heavy (non-hydrogen) atoms. The molecule has 0 radical (unpaired) electrons. The number of benzene rings is 1. The number of nitrogens with one attached hydrogen (secondary N) is 5. The minimum Gasteiger partial charge on any atom is -0.393 e. The molecule has 0 spiro atoms. The predicted octanol–water partition coefficient (Wildman–Crippen LogP) is 2.78. The van der Waals surface area contributed by atoms with E-state index in [1.165, 1.54) is 0 Å². The highest BCUT2D eigenvalue weighted by atomic mass is 19.1. The van der Waals surface area contributed by atoms with Crippen LogP contribution < -0.4 is 16.0 Å². The lowest BCUT2D eigenvalue weighted by molar-refractivity contribution is 0.0798. The quantitative estimate of drug-likeness (QED) is 0.349. The molecule has 5 N–H and O–H groups in total. The minimum atomic E-state index is -0.476. The summed E-state index contributed by atoms with van der Waals surface area (Å²) in [5.74, 6) is -0.280. The number of amidine groups is 1. The van der Waals surface area contributed by atoms with E-state index in [-0.39, 0.29) is 11.5 Å². The van der Waals surface area contributed by atoms with Crippen molar-refractivity contribution in [3.05, 3.63) is 47.0 Å². The van der Waals surface area contributed by atoms with Crippen molar-refractivity contribution in [3.63, 3.8) is 0 Å². The molecule has 0 amide bonds. The van der Waals surface area contributed by atoms with Crippen molar-refractivity contribution in [2.75, 3.05) is 45.7 Å². The minimum absolute atomic E-state index is 0.196. The Morgan fingerprint density at radius 2 is 2.07 bits per heavy atom. The summed E-state index contributed by atoms with van der Waals surface area (Å²) in [6, 6.07) is 5.32. The van der Waals surface area contributed by atoms with Crippen LogP contribution in [-0.2, 0) is 4.74 Å². The van der Waals surface area contributed by atoms with E-state index >= 15 is 4.39 Å². The number of anilines is 1. The summed E-state index contributed by atoms with van der Waals surface area (Å²) in [4.78, 5) is 2.16. The molecular formula is C22H31FN6O. The average molecular weight is 415 g/mol. The van der Waals surface area contributed by atoms with Gasteiger partial charge in [0.05, 0.1) is 5.69 Å².